The van der Waals surface area contributed by atoms with E-state index in [9.17, 15) is 29.8 Å². The van der Waals surface area contributed by atoms with Crippen molar-refractivity contribution in [2.45, 2.75) is 13.8 Å². The number of hydrogen-bond acceptors (Lipinski definition) is 9. The van der Waals surface area contributed by atoms with Crippen LogP contribution in [-0.2, 0) is 14.0 Å². The number of aromatic carboxylic acids is 1. The number of nitro groups is 2. The molecule has 2 N–H and O–H groups in total. The standard InChI is InChI=1S/C9H9NO4.C8H7NO4.CH4O.Cl2OS/c1-6-5-7(10(12)13)3-4-8(6)9(11)14-2;1-5-4-6(9(12)13)2-3-7(5)8(10)11;1-2;1-4(2)3/h3-5H,1-2H3;2-4H,1H3,(H,10,11);2H,1H3;. The smallest absolute Gasteiger partial charge is 0.338 e. The van der Waals surface area contributed by atoms with Crippen molar-refractivity contribution in [3.8, 4) is 0 Å². The molecule has 2 rings (SSSR count). The Hall–Kier alpha value is -3.13. The van der Waals surface area contributed by atoms with Crippen molar-refractivity contribution < 1.29 is 38.6 Å². The molecule has 0 atom stereocenters. The second-order valence-corrected chi connectivity index (χ2v) is 8.02. The minimum Gasteiger partial charge on any atom is -0.478 e. The second-order valence-electron chi connectivity index (χ2n) is 5.49. The number of methoxy groups -OCH3 is 1. The second kappa shape index (κ2) is 16.5. The van der Waals surface area contributed by atoms with Crippen LogP contribution in [0.1, 0.15) is 31.8 Å². The fourth-order valence-electron chi connectivity index (χ4n) is 2.10. The van der Waals surface area contributed by atoms with Crippen molar-refractivity contribution >= 4 is 53.9 Å². The number of hydrogen-bond donors (Lipinski definition) is 2. The number of carbonyl (C=O) groups excluding carboxylic acids is 1. The van der Waals surface area contributed by atoms with E-state index < -0.39 is 31.0 Å². The van der Waals surface area contributed by atoms with E-state index in [-0.39, 0.29) is 16.9 Å². The average molecular weight is 527 g/mol. The van der Waals surface area contributed by atoms with Gasteiger partial charge in [-0.25, -0.2) is 13.8 Å². The number of carboxylic acids is 1. The molecule has 0 fully saturated rings. The Balaban J connectivity index is 0. The molecule has 0 saturated heterocycles. The quantitative estimate of drug-likeness (QED) is 0.255. The highest BCUT2D eigenvalue weighted by atomic mass is 36.0. The molecule has 33 heavy (non-hydrogen) atoms. The number of aliphatic hydroxyl groups is 1. The first-order valence-corrected chi connectivity index (χ1v) is 11.1. The summed E-state index contributed by atoms with van der Waals surface area (Å²) in [6.45, 7) is 3.15. The number of nitro benzene ring substituents is 2. The Morgan fingerprint density at radius 3 is 1.48 bits per heavy atom. The lowest BCUT2D eigenvalue weighted by Crippen LogP contribution is -2.04. The highest BCUT2D eigenvalue weighted by Gasteiger charge is 2.13. The van der Waals surface area contributed by atoms with Gasteiger partial charge < -0.3 is 14.9 Å². The molecule has 15 heteroatoms. The summed E-state index contributed by atoms with van der Waals surface area (Å²) in [7, 11) is 9.63. The zero-order chi connectivity index (χ0) is 26.3. The van der Waals surface area contributed by atoms with Gasteiger partial charge in [0.2, 0.25) is 9.23 Å². The Labute approximate surface area is 199 Å². The number of aliphatic hydroxyl groups excluding tert-OH is 1. The monoisotopic (exact) mass is 526 g/mol. The zero-order valence-electron chi connectivity index (χ0n) is 17.7. The first-order valence-electron chi connectivity index (χ1n) is 8.32. The fourth-order valence-corrected chi connectivity index (χ4v) is 2.10. The van der Waals surface area contributed by atoms with Gasteiger partial charge in [-0.15, -0.1) is 0 Å². The van der Waals surface area contributed by atoms with Crippen molar-refractivity contribution in [2.75, 3.05) is 14.2 Å². The van der Waals surface area contributed by atoms with Gasteiger partial charge in [0.25, 0.3) is 11.4 Å². The third-order valence-electron chi connectivity index (χ3n) is 3.48. The number of rotatable bonds is 4. The molecule has 0 saturated carbocycles. The molecule has 182 valence electrons. The Morgan fingerprint density at radius 1 is 0.909 bits per heavy atom. The van der Waals surface area contributed by atoms with E-state index in [1.54, 1.807) is 6.92 Å². The number of carbonyl (C=O) groups is 2. The third-order valence-corrected chi connectivity index (χ3v) is 3.48. The van der Waals surface area contributed by atoms with E-state index in [0.29, 0.717) is 16.7 Å². The minimum atomic E-state index is -1.67. The van der Waals surface area contributed by atoms with Gasteiger partial charge in [-0.2, -0.15) is 0 Å². The first kappa shape index (κ1) is 32.1. The molecule has 12 nitrogen and oxygen atoms in total. The maximum Gasteiger partial charge on any atom is 0.338 e. The molecule has 2 aromatic carbocycles. The summed E-state index contributed by atoms with van der Waals surface area (Å²) in [4.78, 5) is 41.3. The van der Waals surface area contributed by atoms with Gasteiger partial charge in [-0.1, -0.05) is 0 Å². The van der Waals surface area contributed by atoms with Crippen molar-refractivity contribution in [3.05, 3.63) is 78.9 Å². The van der Waals surface area contributed by atoms with Crippen LogP contribution >= 0.6 is 21.4 Å². The number of halogens is 2. The lowest BCUT2D eigenvalue weighted by molar-refractivity contribution is -0.385. The van der Waals surface area contributed by atoms with Crippen molar-refractivity contribution in [1.82, 2.24) is 0 Å². The van der Waals surface area contributed by atoms with Gasteiger partial charge in [0.15, 0.2) is 0 Å². The molecule has 0 aliphatic rings. The number of esters is 1. The summed E-state index contributed by atoms with van der Waals surface area (Å²) in [5.74, 6) is -1.57. The van der Waals surface area contributed by atoms with Gasteiger partial charge in [0.1, 0.15) is 0 Å². The van der Waals surface area contributed by atoms with E-state index in [2.05, 4.69) is 26.1 Å². The zero-order valence-corrected chi connectivity index (χ0v) is 20.0. The van der Waals surface area contributed by atoms with E-state index >= 15 is 0 Å². The summed E-state index contributed by atoms with van der Waals surface area (Å²) >= 11 is 0. The molecule has 0 radical (unpaired) electrons. The molecule has 0 aromatic heterocycles. The molecule has 0 heterocycles. The summed E-state index contributed by atoms with van der Waals surface area (Å²) in [5, 5.41) is 36.3. The number of ether oxygens (including phenoxy) is 1. The van der Waals surface area contributed by atoms with Gasteiger partial charge in [0.05, 0.1) is 28.1 Å². The van der Waals surface area contributed by atoms with Crippen molar-refractivity contribution in [3.63, 3.8) is 0 Å². The van der Waals surface area contributed by atoms with Crippen LogP contribution in [0.25, 0.3) is 0 Å². The summed E-state index contributed by atoms with van der Waals surface area (Å²) in [6, 6.07) is 7.65. The normalized spacial score (nSPS) is 9.09. The average Bonchev–Trinajstić information content (AvgIpc) is 2.74. The maximum absolute atomic E-state index is 11.1. The van der Waals surface area contributed by atoms with Crippen LogP contribution in [0, 0.1) is 34.1 Å². The third kappa shape index (κ3) is 12.5. The Bertz CT molecular complexity index is 1010. The minimum absolute atomic E-state index is 0.0323. The lowest BCUT2D eigenvalue weighted by atomic mass is 10.1. The summed E-state index contributed by atoms with van der Waals surface area (Å²) in [5.41, 5.74) is 1.23. The predicted molar refractivity (Wildman–Crippen MR) is 122 cm³/mol. The summed E-state index contributed by atoms with van der Waals surface area (Å²) in [6.07, 6.45) is 0. The van der Waals surface area contributed by atoms with Gasteiger partial charge in [-0.3, -0.25) is 20.2 Å². The largest absolute Gasteiger partial charge is 0.478 e. The highest BCUT2D eigenvalue weighted by molar-refractivity contribution is 8.26. The SMILES string of the molecule is CO.COC(=O)c1ccc([N+](=O)[O-])cc1C.Cc1cc([N+](=O)[O-])ccc1C(=O)O.O=S(Cl)Cl. The van der Waals surface area contributed by atoms with Crippen LogP contribution in [0.15, 0.2) is 36.4 Å². The Kier molecular flexibility index (Phi) is 16.0. The van der Waals surface area contributed by atoms with Crippen LogP contribution in [0.2, 0.25) is 0 Å². The van der Waals surface area contributed by atoms with Crippen LogP contribution < -0.4 is 0 Å². The van der Waals surface area contributed by atoms with Crippen LogP contribution in [-0.4, -0.2) is 50.4 Å². The number of nitrogens with zero attached hydrogens (tertiary/aromatic N) is 2. The highest BCUT2D eigenvalue weighted by Crippen LogP contribution is 2.18. The van der Waals surface area contributed by atoms with Gasteiger partial charge in [-0.05, 0) is 37.1 Å². The number of carboxylic acid groups (broad SMARTS) is 1. The number of benzene rings is 2. The van der Waals surface area contributed by atoms with E-state index in [0.717, 1.165) is 7.11 Å². The van der Waals surface area contributed by atoms with E-state index in [4.69, 9.17) is 14.4 Å². The molecule has 0 aliphatic carbocycles. The maximum atomic E-state index is 11.1. The predicted octanol–water partition coefficient (Wildman–Crippen LogP) is 3.94. The molecule has 0 amide bonds. The summed E-state index contributed by atoms with van der Waals surface area (Å²) < 4.78 is 13.6. The van der Waals surface area contributed by atoms with Crippen LogP contribution in [0.5, 0.6) is 0 Å². The lowest BCUT2D eigenvalue weighted by Gasteiger charge is -2.02. The van der Waals surface area contributed by atoms with Crippen LogP contribution in [0.4, 0.5) is 11.4 Å². The fraction of sp³-hybridized carbons (Fsp3) is 0.222. The van der Waals surface area contributed by atoms with Crippen molar-refractivity contribution in [1.29, 1.82) is 0 Å². The van der Waals surface area contributed by atoms with Gasteiger partial charge in [0, 0.05) is 52.7 Å². The molecule has 0 aliphatic heterocycles. The van der Waals surface area contributed by atoms with Gasteiger partial charge >= 0.3 is 11.9 Å². The molecule has 2 aromatic rings. The first-order chi connectivity index (χ1) is 15.3. The Morgan fingerprint density at radius 2 is 1.24 bits per heavy atom. The van der Waals surface area contributed by atoms with Crippen LogP contribution in [0.3, 0.4) is 0 Å². The molecular formula is C18H20Cl2N2O10S. The van der Waals surface area contributed by atoms with E-state index in [1.165, 1.54) is 50.4 Å². The number of non-ortho nitro benzene ring substituents is 2. The topological polar surface area (TPSA) is 187 Å². The van der Waals surface area contributed by atoms with E-state index in [1.807, 2.05) is 0 Å². The molecule has 0 spiro atoms. The molecule has 0 unspecified atom stereocenters. The molecule has 0 bridgehead atoms. The van der Waals surface area contributed by atoms with Crippen molar-refractivity contribution in [2.24, 2.45) is 0 Å². The molecular weight excluding hydrogens is 507 g/mol. The number of aryl methyl sites for hydroxylation is 2.